The Labute approximate surface area is 151 Å². The first-order chi connectivity index (χ1) is 12.4. The molecular weight excluding hydrogens is 300 g/mol. The molecule has 3 aliphatic carbocycles. The highest BCUT2D eigenvalue weighted by Crippen LogP contribution is 2.54. The highest BCUT2D eigenvalue weighted by Gasteiger charge is 2.40. The molecule has 6 rings (SSSR count). The molecule has 0 heteroatoms. The van der Waals surface area contributed by atoms with Crippen molar-refractivity contribution in [3.63, 3.8) is 0 Å². The first-order valence-corrected chi connectivity index (χ1v) is 10.1. The summed E-state index contributed by atoms with van der Waals surface area (Å²) in [5.41, 5.74) is 4.63. The number of hydrogen-bond acceptors (Lipinski definition) is 0. The van der Waals surface area contributed by atoms with Gasteiger partial charge in [0, 0.05) is 0 Å². The van der Waals surface area contributed by atoms with Crippen LogP contribution < -0.4 is 5.22 Å². The van der Waals surface area contributed by atoms with E-state index in [2.05, 4.69) is 48.6 Å². The lowest BCUT2D eigenvalue weighted by Crippen LogP contribution is -2.10. The average molecular weight is 328 g/mol. The van der Waals surface area contributed by atoms with Crippen molar-refractivity contribution >= 4 is 33.7 Å². The summed E-state index contributed by atoms with van der Waals surface area (Å²) in [5, 5.41) is 7.38. The quantitative estimate of drug-likeness (QED) is 0.435. The second-order valence-electron chi connectivity index (χ2n) is 6.89. The Kier molecular flexibility index (Phi) is 4.15. The molecule has 0 spiro atoms. The van der Waals surface area contributed by atoms with Gasteiger partial charge in [0.15, 0.2) is 0 Å². The maximum absolute atomic E-state index is 2.48. The van der Waals surface area contributed by atoms with Crippen LogP contribution in [0.2, 0.25) is 0 Å². The van der Waals surface area contributed by atoms with Crippen molar-refractivity contribution < 1.29 is 0 Å². The Hall–Kier alpha value is -2.08. The lowest BCUT2D eigenvalue weighted by Gasteiger charge is -2.19. The molecule has 1 saturated carbocycles. The number of allylic oxidation sites excluding steroid dienone is 1. The molecule has 1 fully saturated rings. The van der Waals surface area contributed by atoms with E-state index in [4.69, 9.17) is 0 Å². The van der Waals surface area contributed by atoms with Gasteiger partial charge in [-0.1, -0.05) is 76.3 Å². The van der Waals surface area contributed by atoms with Crippen LogP contribution in [0.1, 0.15) is 63.1 Å². The van der Waals surface area contributed by atoms with Gasteiger partial charge in [-0.15, -0.1) is 0 Å². The zero-order valence-electron chi connectivity index (χ0n) is 15.9. The van der Waals surface area contributed by atoms with E-state index in [1.54, 1.807) is 5.56 Å². The fraction of sp³-hybridized carbons (Fsp3) is 0.360. The van der Waals surface area contributed by atoms with Crippen LogP contribution in [-0.2, 0) is 6.42 Å². The molecule has 0 heterocycles. The second kappa shape index (κ2) is 6.33. The average Bonchev–Trinajstić information content (AvgIpc) is 3.49. The molecule has 128 valence electrons. The van der Waals surface area contributed by atoms with E-state index in [1.807, 2.05) is 27.7 Å². The van der Waals surface area contributed by atoms with Gasteiger partial charge in [-0.3, -0.25) is 0 Å². The van der Waals surface area contributed by atoms with E-state index < -0.39 is 0 Å². The van der Waals surface area contributed by atoms with Gasteiger partial charge >= 0.3 is 0 Å². The molecule has 3 aliphatic rings. The minimum absolute atomic E-state index is 0.798. The highest BCUT2D eigenvalue weighted by atomic mass is 14.4. The van der Waals surface area contributed by atoms with Crippen molar-refractivity contribution in [1.82, 2.24) is 0 Å². The summed E-state index contributed by atoms with van der Waals surface area (Å²) in [6, 6.07) is 11.9. The lowest BCUT2D eigenvalue weighted by atomic mass is 9.84. The zero-order valence-corrected chi connectivity index (χ0v) is 15.9. The Bertz CT molecular complexity index is 1020. The molecule has 0 nitrogen and oxygen atoms in total. The van der Waals surface area contributed by atoms with E-state index in [9.17, 15) is 0 Å². The minimum atomic E-state index is 0.798. The number of aryl methyl sites for hydroxylation is 1. The predicted octanol–water partition coefficient (Wildman–Crippen LogP) is 6.62. The van der Waals surface area contributed by atoms with Gasteiger partial charge in [-0.25, -0.2) is 0 Å². The topological polar surface area (TPSA) is 0 Å². The standard InChI is InChI=1S/C21H16.2C2H6/c1-2-12-4-5-15-11-19-16(8-7-14-10-18(14)19)17-9-6-13(3-1)20(12)21(15)17;2*1-2/h3-9,11,14,18H,1-2,10H2;2*1-2H3. The maximum Gasteiger partial charge on any atom is -0.00240 e. The van der Waals surface area contributed by atoms with E-state index in [-0.39, 0.29) is 0 Å². The predicted molar refractivity (Wildman–Crippen MR) is 112 cm³/mol. The largest absolute Gasteiger partial charge is 0.0802 e. The fourth-order valence-electron chi connectivity index (χ4n) is 4.63. The molecule has 0 radical (unpaired) electrons. The molecule has 0 bridgehead atoms. The van der Waals surface area contributed by atoms with Gasteiger partial charge in [0.1, 0.15) is 0 Å². The van der Waals surface area contributed by atoms with E-state index in [0.717, 1.165) is 11.8 Å². The van der Waals surface area contributed by atoms with Gasteiger partial charge < -0.3 is 0 Å². The number of benzene rings is 3. The first-order valence-electron chi connectivity index (χ1n) is 10.1. The summed E-state index contributed by atoms with van der Waals surface area (Å²) in [6.07, 6.45) is 11.0. The molecule has 2 unspecified atom stereocenters. The normalized spacial score (nSPS) is 21.3. The highest BCUT2D eigenvalue weighted by molar-refractivity contribution is 6.15. The third kappa shape index (κ3) is 2.34. The van der Waals surface area contributed by atoms with Crippen LogP contribution in [0.3, 0.4) is 0 Å². The Morgan fingerprint density at radius 2 is 1.76 bits per heavy atom. The molecule has 2 atom stereocenters. The molecular formula is C25H28. The van der Waals surface area contributed by atoms with Crippen LogP contribution in [0.15, 0.2) is 36.4 Å². The number of fused-ring (bicyclic) bond motifs is 4. The first kappa shape index (κ1) is 16.4. The summed E-state index contributed by atoms with van der Waals surface area (Å²) in [6.45, 7) is 8.00. The third-order valence-electron chi connectivity index (χ3n) is 5.75. The summed E-state index contributed by atoms with van der Waals surface area (Å²) in [4.78, 5) is 0. The molecule has 0 saturated heterocycles. The smallest absolute Gasteiger partial charge is 0.00240 e. The molecule has 0 amide bonds. The van der Waals surface area contributed by atoms with Gasteiger partial charge in [-0.2, -0.15) is 0 Å². The summed E-state index contributed by atoms with van der Waals surface area (Å²) < 4.78 is 0. The fourth-order valence-corrected chi connectivity index (χ4v) is 4.63. The van der Waals surface area contributed by atoms with Crippen molar-refractivity contribution in [3.05, 3.63) is 58.3 Å². The van der Waals surface area contributed by atoms with E-state index >= 15 is 0 Å². The lowest BCUT2D eigenvalue weighted by molar-refractivity contribution is 1.00. The summed E-state index contributed by atoms with van der Waals surface area (Å²) >= 11 is 0. The monoisotopic (exact) mass is 328 g/mol. The Balaban J connectivity index is 0.000000369. The van der Waals surface area contributed by atoms with Crippen LogP contribution in [-0.4, -0.2) is 0 Å². The van der Waals surface area contributed by atoms with Crippen molar-refractivity contribution in [3.8, 4) is 0 Å². The van der Waals surface area contributed by atoms with Crippen LogP contribution >= 0.6 is 0 Å². The van der Waals surface area contributed by atoms with Crippen molar-refractivity contribution in [2.75, 3.05) is 0 Å². The Morgan fingerprint density at radius 3 is 2.60 bits per heavy atom. The SMILES string of the molecule is C1=CC2CC2c2cc3ccc4c5c(ccc(c21)c35)=CCC4.CC.CC. The van der Waals surface area contributed by atoms with Gasteiger partial charge in [0.05, 0.1) is 0 Å². The molecule has 0 N–H and O–H groups in total. The van der Waals surface area contributed by atoms with Gasteiger partial charge in [-0.05, 0) is 74.6 Å². The Morgan fingerprint density at radius 1 is 0.920 bits per heavy atom. The van der Waals surface area contributed by atoms with Gasteiger partial charge in [0.25, 0.3) is 0 Å². The third-order valence-corrected chi connectivity index (χ3v) is 5.75. The van der Waals surface area contributed by atoms with E-state index in [1.165, 1.54) is 57.2 Å². The summed E-state index contributed by atoms with van der Waals surface area (Å²) in [5.74, 6) is 1.62. The van der Waals surface area contributed by atoms with Crippen LogP contribution in [0.5, 0.6) is 0 Å². The molecule has 3 aromatic rings. The zero-order chi connectivity index (χ0) is 17.6. The maximum atomic E-state index is 2.48. The van der Waals surface area contributed by atoms with Crippen molar-refractivity contribution in [1.29, 1.82) is 0 Å². The van der Waals surface area contributed by atoms with Crippen LogP contribution in [0.4, 0.5) is 0 Å². The van der Waals surface area contributed by atoms with Crippen LogP contribution in [0, 0.1) is 5.92 Å². The number of rotatable bonds is 0. The molecule has 3 aromatic carbocycles. The van der Waals surface area contributed by atoms with Crippen molar-refractivity contribution in [2.45, 2.75) is 52.9 Å². The van der Waals surface area contributed by atoms with E-state index in [0.29, 0.717) is 0 Å². The minimum Gasteiger partial charge on any atom is -0.0802 e. The summed E-state index contributed by atoms with van der Waals surface area (Å²) in [7, 11) is 0. The molecule has 0 aromatic heterocycles. The molecule has 0 aliphatic heterocycles. The number of hydrogen-bond donors (Lipinski definition) is 0. The van der Waals surface area contributed by atoms with Crippen molar-refractivity contribution in [2.24, 2.45) is 5.92 Å². The molecule has 25 heavy (non-hydrogen) atoms. The second-order valence-corrected chi connectivity index (χ2v) is 6.89. The van der Waals surface area contributed by atoms with Gasteiger partial charge in [0.2, 0.25) is 0 Å². The van der Waals surface area contributed by atoms with Crippen LogP contribution in [0.25, 0.3) is 33.7 Å².